The zero-order valence-electron chi connectivity index (χ0n) is 5.51. The van der Waals surface area contributed by atoms with Crippen LogP contribution in [0.5, 0.6) is 0 Å². The van der Waals surface area contributed by atoms with Gasteiger partial charge in [0.05, 0.1) is 0 Å². The summed E-state index contributed by atoms with van der Waals surface area (Å²) in [6, 6.07) is 0. The normalized spacial score (nSPS) is 46.0. The molecule has 2 rings (SSSR count). The highest BCUT2D eigenvalue weighted by Crippen LogP contribution is 2.43. The van der Waals surface area contributed by atoms with E-state index in [4.69, 9.17) is 0 Å². The number of fused-ring (bicyclic) bond motifs is 2. The van der Waals surface area contributed by atoms with Crippen molar-refractivity contribution in [3.8, 4) is 0 Å². The largest absolute Gasteiger partial charge is 0.103 e. The quantitative estimate of drug-likeness (QED) is 0.464. The SMILES string of the molecule is C=CC1CC2[C]=CC1C2. The van der Waals surface area contributed by atoms with Gasteiger partial charge in [-0.05, 0) is 36.7 Å². The molecular weight excluding hydrogens is 108 g/mol. The van der Waals surface area contributed by atoms with Crippen molar-refractivity contribution in [2.45, 2.75) is 12.8 Å². The molecule has 0 aromatic rings. The molecule has 0 aliphatic heterocycles. The van der Waals surface area contributed by atoms with Crippen LogP contribution in [0.1, 0.15) is 12.8 Å². The van der Waals surface area contributed by atoms with E-state index in [0.717, 1.165) is 17.8 Å². The van der Waals surface area contributed by atoms with Gasteiger partial charge in [-0.2, -0.15) is 0 Å². The summed E-state index contributed by atoms with van der Waals surface area (Å²) in [7, 11) is 0. The molecule has 0 aromatic heterocycles. The molecule has 2 bridgehead atoms. The molecule has 0 heteroatoms. The fourth-order valence-corrected chi connectivity index (χ4v) is 1.96. The summed E-state index contributed by atoms with van der Waals surface area (Å²) in [6.07, 6.45) is 10.3. The van der Waals surface area contributed by atoms with Gasteiger partial charge in [0.1, 0.15) is 0 Å². The minimum Gasteiger partial charge on any atom is -0.103 e. The Kier molecular flexibility index (Phi) is 1.01. The lowest BCUT2D eigenvalue weighted by atomic mass is 9.94. The van der Waals surface area contributed by atoms with Gasteiger partial charge in [0.15, 0.2) is 0 Å². The molecule has 0 heterocycles. The topological polar surface area (TPSA) is 0 Å². The lowest BCUT2D eigenvalue weighted by molar-refractivity contribution is 0.547. The van der Waals surface area contributed by atoms with Gasteiger partial charge < -0.3 is 0 Å². The Bertz CT molecular complexity index is 155. The van der Waals surface area contributed by atoms with E-state index < -0.39 is 0 Å². The molecule has 0 aromatic carbocycles. The van der Waals surface area contributed by atoms with Crippen LogP contribution in [0.15, 0.2) is 18.7 Å². The molecule has 0 nitrogen and oxygen atoms in total. The van der Waals surface area contributed by atoms with Crippen molar-refractivity contribution in [1.29, 1.82) is 0 Å². The van der Waals surface area contributed by atoms with E-state index in [-0.39, 0.29) is 0 Å². The third-order valence-electron chi connectivity index (χ3n) is 2.51. The van der Waals surface area contributed by atoms with Crippen molar-refractivity contribution in [2.75, 3.05) is 0 Å². The number of hydrogen-bond donors (Lipinski definition) is 0. The van der Waals surface area contributed by atoms with E-state index in [2.05, 4.69) is 24.8 Å². The second-order valence-electron chi connectivity index (χ2n) is 3.07. The lowest BCUT2D eigenvalue weighted by Gasteiger charge is -2.11. The highest BCUT2D eigenvalue weighted by atomic mass is 14.4. The molecule has 0 N–H and O–H groups in total. The molecule has 2 aliphatic rings. The Labute approximate surface area is 56.3 Å². The Morgan fingerprint density at radius 3 is 2.78 bits per heavy atom. The second kappa shape index (κ2) is 1.73. The Morgan fingerprint density at radius 2 is 2.44 bits per heavy atom. The van der Waals surface area contributed by atoms with Gasteiger partial charge in [-0.25, -0.2) is 0 Å². The van der Waals surface area contributed by atoms with Gasteiger partial charge in [-0.15, -0.1) is 6.58 Å². The van der Waals surface area contributed by atoms with E-state index in [9.17, 15) is 0 Å². The maximum atomic E-state index is 3.81. The standard InChI is InChI=1S/C9H11/c1-2-8-5-7-3-4-9(8)6-7/h2,4,7-9H,1,5-6H2. The van der Waals surface area contributed by atoms with Crippen molar-refractivity contribution >= 4 is 0 Å². The van der Waals surface area contributed by atoms with Crippen LogP contribution < -0.4 is 0 Å². The van der Waals surface area contributed by atoms with Crippen LogP contribution in [0.25, 0.3) is 0 Å². The smallest absolute Gasteiger partial charge is 0.0151 e. The molecule has 9 heavy (non-hydrogen) atoms. The summed E-state index contributed by atoms with van der Waals surface area (Å²) < 4.78 is 0. The fourth-order valence-electron chi connectivity index (χ4n) is 1.96. The summed E-state index contributed by atoms with van der Waals surface area (Å²) in [5.41, 5.74) is 0. The monoisotopic (exact) mass is 119 g/mol. The average molecular weight is 119 g/mol. The van der Waals surface area contributed by atoms with Crippen molar-refractivity contribution < 1.29 is 0 Å². The first-order valence-corrected chi connectivity index (χ1v) is 3.62. The van der Waals surface area contributed by atoms with E-state index >= 15 is 0 Å². The zero-order valence-corrected chi connectivity index (χ0v) is 5.51. The van der Waals surface area contributed by atoms with Crippen molar-refractivity contribution in [1.82, 2.24) is 0 Å². The fraction of sp³-hybridized carbons (Fsp3) is 0.556. The maximum absolute atomic E-state index is 3.81. The Hall–Kier alpha value is -0.520. The molecule has 1 fully saturated rings. The van der Waals surface area contributed by atoms with Crippen molar-refractivity contribution in [3.63, 3.8) is 0 Å². The Balaban J connectivity index is 2.19. The number of hydrogen-bond acceptors (Lipinski definition) is 0. The summed E-state index contributed by atoms with van der Waals surface area (Å²) in [4.78, 5) is 0. The van der Waals surface area contributed by atoms with Crippen molar-refractivity contribution in [2.24, 2.45) is 17.8 Å². The first-order valence-electron chi connectivity index (χ1n) is 3.62. The number of allylic oxidation sites excluding steroid dienone is 3. The van der Waals surface area contributed by atoms with Crippen LogP contribution in [0.4, 0.5) is 0 Å². The molecule has 47 valence electrons. The maximum Gasteiger partial charge on any atom is -0.0151 e. The molecule has 3 unspecified atom stereocenters. The molecule has 2 aliphatic carbocycles. The highest BCUT2D eigenvalue weighted by molar-refractivity contribution is 5.09. The predicted molar refractivity (Wildman–Crippen MR) is 37.7 cm³/mol. The van der Waals surface area contributed by atoms with Crippen LogP contribution in [0.2, 0.25) is 0 Å². The zero-order chi connectivity index (χ0) is 6.27. The van der Waals surface area contributed by atoms with E-state index in [0.29, 0.717) is 0 Å². The highest BCUT2D eigenvalue weighted by Gasteiger charge is 2.33. The van der Waals surface area contributed by atoms with E-state index in [1.165, 1.54) is 12.8 Å². The summed E-state index contributed by atoms with van der Waals surface area (Å²) in [5, 5.41) is 0. The minimum absolute atomic E-state index is 0.774. The van der Waals surface area contributed by atoms with Gasteiger partial charge >= 0.3 is 0 Å². The molecular formula is C9H11. The molecule has 0 spiro atoms. The summed E-state index contributed by atoms with van der Waals surface area (Å²) in [6.45, 7) is 3.81. The van der Waals surface area contributed by atoms with Crippen LogP contribution >= 0.6 is 0 Å². The first kappa shape index (κ1) is 5.28. The summed E-state index contributed by atoms with van der Waals surface area (Å²) >= 11 is 0. The third kappa shape index (κ3) is 0.658. The molecule has 1 radical (unpaired) electrons. The lowest BCUT2D eigenvalue weighted by Crippen LogP contribution is -2.01. The van der Waals surface area contributed by atoms with Gasteiger partial charge in [0, 0.05) is 0 Å². The van der Waals surface area contributed by atoms with Crippen molar-refractivity contribution in [3.05, 3.63) is 24.8 Å². The van der Waals surface area contributed by atoms with Gasteiger partial charge in [-0.3, -0.25) is 0 Å². The minimum atomic E-state index is 0.774. The first-order chi connectivity index (χ1) is 4.40. The predicted octanol–water partition coefficient (Wildman–Crippen LogP) is 2.19. The number of rotatable bonds is 1. The second-order valence-corrected chi connectivity index (χ2v) is 3.07. The van der Waals surface area contributed by atoms with Gasteiger partial charge in [-0.1, -0.05) is 12.2 Å². The van der Waals surface area contributed by atoms with E-state index in [1.807, 2.05) is 0 Å². The van der Waals surface area contributed by atoms with Gasteiger partial charge in [0.2, 0.25) is 0 Å². The third-order valence-corrected chi connectivity index (χ3v) is 2.51. The Morgan fingerprint density at radius 1 is 1.56 bits per heavy atom. The molecule has 1 saturated carbocycles. The molecule has 0 amide bonds. The van der Waals surface area contributed by atoms with Crippen LogP contribution in [-0.4, -0.2) is 0 Å². The van der Waals surface area contributed by atoms with Crippen LogP contribution in [0.3, 0.4) is 0 Å². The van der Waals surface area contributed by atoms with E-state index in [1.54, 1.807) is 0 Å². The van der Waals surface area contributed by atoms with Gasteiger partial charge in [0.25, 0.3) is 0 Å². The average Bonchev–Trinajstić information content (AvgIpc) is 2.45. The van der Waals surface area contributed by atoms with Crippen LogP contribution in [-0.2, 0) is 0 Å². The van der Waals surface area contributed by atoms with Crippen LogP contribution in [0, 0.1) is 23.8 Å². The molecule has 3 atom stereocenters. The summed E-state index contributed by atoms with van der Waals surface area (Å²) in [5.74, 6) is 2.35. The molecule has 0 saturated heterocycles.